The molecule has 0 fully saturated rings. The van der Waals surface area contributed by atoms with E-state index in [2.05, 4.69) is 224 Å². The number of nitrogens with zero attached hydrogens (tertiary/aromatic N) is 1. The Morgan fingerprint density at radius 1 is 0.542 bits per heavy atom. The molecule has 1 heterocycles. The van der Waals surface area contributed by atoms with Gasteiger partial charge in [0.25, 0.3) is 0 Å². The van der Waals surface area contributed by atoms with Crippen molar-refractivity contribution in [2.75, 3.05) is 10.2 Å². The summed E-state index contributed by atoms with van der Waals surface area (Å²) < 4.78 is 0. The van der Waals surface area contributed by atoms with Crippen molar-refractivity contribution in [3.05, 3.63) is 227 Å². The van der Waals surface area contributed by atoms with Crippen LogP contribution in [0.3, 0.4) is 0 Å². The van der Waals surface area contributed by atoms with E-state index in [9.17, 15) is 0 Å². The van der Waals surface area contributed by atoms with Gasteiger partial charge in [0.05, 0.1) is 6.04 Å². The van der Waals surface area contributed by atoms with E-state index in [1.165, 1.54) is 93.8 Å². The zero-order chi connectivity index (χ0) is 39.2. The Labute approximate surface area is 345 Å². The molecule has 2 heteroatoms. The van der Waals surface area contributed by atoms with Gasteiger partial charge < -0.3 is 10.2 Å². The molecule has 0 saturated heterocycles. The van der Waals surface area contributed by atoms with E-state index >= 15 is 0 Å². The second-order valence-corrected chi connectivity index (χ2v) is 16.9. The molecular formula is C57H42N2. The standard InChI is InChI=1S/C57H42N2/c1-57(2)50-27-12-9-23-44(50)45-33-31-38(35-51(45)57)58-52-28-13-10-24-46(52)42-21-6-5-19-40(42)37-17-15-18-39(34-37)59-53-29-14-11-26-49(53)55-54-41-20-4-3-16-36(41)30-32-47(54)43-22-7-8-25-48(43)56(55)59/h3-35,48,56,58H,1-2H3. The van der Waals surface area contributed by atoms with E-state index in [0.29, 0.717) is 0 Å². The Balaban J connectivity index is 0.972. The van der Waals surface area contributed by atoms with Crippen LogP contribution in [-0.2, 0) is 5.41 Å². The molecule has 8 aromatic carbocycles. The van der Waals surface area contributed by atoms with Crippen LogP contribution in [0.2, 0.25) is 0 Å². The molecule has 0 aromatic heterocycles. The largest absolute Gasteiger partial charge is 0.355 e. The lowest BCUT2D eigenvalue weighted by atomic mass is 9.76. The SMILES string of the molecule is CC1(C)c2ccccc2-c2ccc(Nc3ccccc3-c3ccccc3-c3cccc(N4c5ccccc5C5=c6c(ccc7ccccc67)=C6C=CC=CC6C54)c3)cc21. The van der Waals surface area contributed by atoms with E-state index in [0.717, 1.165) is 11.4 Å². The lowest BCUT2D eigenvalue weighted by Gasteiger charge is -2.37. The van der Waals surface area contributed by atoms with Crippen LogP contribution in [0.4, 0.5) is 22.7 Å². The predicted molar refractivity (Wildman–Crippen MR) is 248 cm³/mol. The van der Waals surface area contributed by atoms with Gasteiger partial charge >= 0.3 is 0 Å². The predicted octanol–water partition coefficient (Wildman–Crippen LogP) is 12.8. The van der Waals surface area contributed by atoms with Gasteiger partial charge in [0.2, 0.25) is 0 Å². The molecule has 280 valence electrons. The number of para-hydroxylation sites is 2. The summed E-state index contributed by atoms with van der Waals surface area (Å²) in [4.78, 5) is 2.62. The van der Waals surface area contributed by atoms with Crippen molar-refractivity contribution in [3.8, 4) is 33.4 Å². The Morgan fingerprint density at radius 2 is 1.27 bits per heavy atom. The third kappa shape index (κ3) is 5.06. The maximum absolute atomic E-state index is 3.86. The Bertz CT molecular complexity index is 3250. The fraction of sp³-hybridized carbons (Fsp3) is 0.0877. The first-order valence-corrected chi connectivity index (χ1v) is 20.8. The highest BCUT2D eigenvalue weighted by atomic mass is 15.2. The molecule has 1 aliphatic heterocycles. The van der Waals surface area contributed by atoms with Gasteiger partial charge in [0.15, 0.2) is 0 Å². The fourth-order valence-electron chi connectivity index (χ4n) is 10.7. The van der Waals surface area contributed by atoms with E-state index in [1.807, 2.05) is 0 Å². The number of allylic oxidation sites excluding steroid dienone is 3. The molecule has 0 bridgehead atoms. The number of anilines is 4. The molecule has 12 rings (SSSR count). The first-order valence-electron chi connectivity index (χ1n) is 20.8. The minimum absolute atomic E-state index is 0.0620. The first kappa shape index (κ1) is 33.9. The van der Waals surface area contributed by atoms with Crippen molar-refractivity contribution >= 4 is 44.7 Å². The second kappa shape index (κ2) is 12.9. The summed E-state index contributed by atoms with van der Waals surface area (Å²) in [5.74, 6) is 0.212. The van der Waals surface area contributed by atoms with E-state index in [4.69, 9.17) is 0 Å². The number of hydrogen-bond donors (Lipinski definition) is 1. The maximum Gasteiger partial charge on any atom is 0.0708 e. The second-order valence-electron chi connectivity index (χ2n) is 16.9. The summed E-state index contributed by atoms with van der Waals surface area (Å²) in [7, 11) is 0. The summed E-state index contributed by atoms with van der Waals surface area (Å²) >= 11 is 0. The summed E-state index contributed by atoms with van der Waals surface area (Å²) in [5, 5.41) is 9.18. The van der Waals surface area contributed by atoms with Crippen molar-refractivity contribution in [3.63, 3.8) is 0 Å². The molecule has 4 aliphatic rings. The van der Waals surface area contributed by atoms with Crippen LogP contribution in [0.15, 0.2) is 200 Å². The Kier molecular flexibility index (Phi) is 7.43. The number of benzene rings is 8. The highest BCUT2D eigenvalue weighted by Crippen LogP contribution is 2.52. The highest BCUT2D eigenvalue weighted by Gasteiger charge is 2.43. The van der Waals surface area contributed by atoms with Gasteiger partial charge in [0, 0.05) is 45.2 Å². The first-order chi connectivity index (χ1) is 29.0. The molecule has 0 spiro atoms. The van der Waals surface area contributed by atoms with Gasteiger partial charge in [-0.05, 0) is 108 Å². The molecule has 0 amide bonds. The van der Waals surface area contributed by atoms with Crippen LogP contribution >= 0.6 is 0 Å². The maximum atomic E-state index is 3.86. The third-order valence-electron chi connectivity index (χ3n) is 13.4. The van der Waals surface area contributed by atoms with Gasteiger partial charge in [-0.15, -0.1) is 0 Å². The van der Waals surface area contributed by atoms with Gasteiger partial charge in [-0.25, -0.2) is 0 Å². The van der Waals surface area contributed by atoms with E-state index < -0.39 is 0 Å². The number of fused-ring (bicyclic) bond motifs is 11. The van der Waals surface area contributed by atoms with Crippen LogP contribution in [0.5, 0.6) is 0 Å². The molecule has 2 unspecified atom stereocenters. The number of nitrogens with one attached hydrogen (secondary N) is 1. The minimum Gasteiger partial charge on any atom is -0.355 e. The molecule has 1 N–H and O–H groups in total. The highest BCUT2D eigenvalue weighted by molar-refractivity contribution is 6.00. The summed E-state index contributed by atoms with van der Waals surface area (Å²) in [6.45, 7) is 4.68. The lowest BCUT2D eigenvalue weighted by Crippen LogP contribution is -2.46. The van der Waals surface area contributed by atoms with Crippen molar-refractivity contribution in [2.24, 2.45) is 5.92 Å². The monoisotopic (exact) mass is 754 g/mol. The average Bonchev–Trinajstić information content (AvgIpc) is 3.75. The topological polar surface area (TPSA) is 15.3 Å². The van der Waals surface area contributed by atoms with Crippen molar-refractivity contribution < 1.29 is 0 Å². The molecule has 2 atom stereocenters. The van der Waals surface area contributed by atoms with Crippen LogP contribution in [-0.4, -0.2) is 6.04 Å². The zero-order valence-electron chi connectivity index (χ0n) is 33.2. The van der Waals surface area contributed by atoms with Crippen LogP contribution in [0.25, 0.3) is 55.3 Å². The average molecular weight is 755 g/mol. The Hall–Kier alpha value is -7.16. The molecule has 8 aromatic rings. The van der Waals surface area contributed by atoms with Crippen LogP contribution in [0.1, 0.15) is 30.5 Å². The molecule has 59 heavy (non-hydrogen) atoms. The molecular weight excluding hydrogens is 713 g/mol. The molecule has 0 radical (unpaired) electrons. The molecule has 0 saturated carbocycles. The molecule has 3 aliphatic carbocycles. The summed E-state index contributed by atoms with van der Waals surface area (Å²) in [6, 6.07) is 65.3. The van der Waals surface area contributed by atoms with Gasteiger partial charge in [-0.3, -0.25) is 0 Å². The van der Waals surface area contributed by atoms with E-state index in [1.54, 1.807) is 0 Å². The number of hydrogen-bond acceptors (Lipinski definition) is 2. The normalized spacial score (nSPS) is 17.6. The third-order valence-corrected chi connectivity index (χ3v) is 13.4. The van der Waals surface area contributed by atoms with Crippen LogP contribution in [0, 0.1) is 5.92 Å². The van der Waals surface area contributed by atoms with Gasteiger partial charge in [0.1, 0.15) is 0 Å². The van der Waals surface area contributed by atoms with Gasteiger partial charge in [-0.2, -0.15) is 0 Å². The minimum atomic E-state index is -0.0620. The van der Waals surface area contributed by atoms with Crippen molar-refractivity contribution in [1.82, 2.24) is 0 Å². The van der Waals surface area contributed by atoms with Crippen LogP contribution < -0.4 is 20.7 Å². The van der Waals surface area contributed by atoms with E-state index in [-0.39, 0.29) is 17.4 Å². The lowest BCUT2D eigenvalue weighted by molar-refractivity contribution is 0.660. The quantitative estimate of drug-likeness (QED) is 0.188. The van der Waals surface area contributed by atoms with Gasteiger partial charge in [-0.1, -0.05) is 178 Å². The molecule has 2 nitrogen and oxygen atoms in total. The summed E-state index contributed by atoms with van der Waals surface area (Å²) in [5.41, 5.74) is 18.9. The number of rotatable bonds is 5. The smallest absolute Gasteiger partial charge is 0.0708 e. The van der Waals surface area contributed by atoms with Crippen molar-refractivity contribution in [2.45, 2.75) is 25.3 Å². The Morgan fingerprint density at radius 3 is 2.17 bits per heavy atom. The summed E-state index contributed by atoms with van der Waals surface area (Å²) in [6.07, 6.45) is 9.20. The zero-order valence-corrected chi connectivity index (χ0v) is 33.2. The van der Waals surface area contributed by atoms with Crippen molar-refractivity contribution in [1.29, 1.82) is 0 Å². The fourth-order valence-corrected chi connectivity index (χ4v) is 10.7.